The van der Waals surface area contributed by atoms with Crippen molar-refractivity contribution in [1.82, 2.24) is 5.32 Å². The predicted octanol–water partition coefficient (Wildman–Crippen LogP) is 4.58. The highest BCUT2D eigenvalue weighted by atomic mass is 19.3. The lowest BCUT2D eigenvalue weighted by atomic mass is 9.49. The van der Waals surface area contributed by atoms with Gasteiger partial charge >= 0.3 is 6.61 Å². The van der Waals surface area contributed by atoms with Gasteiger partial charge in [0.05, 0.1) is 0 Å². The van der Waals surface area contributed by atoms with E-state index < -0.39 is 12.7 Å². The fourth-order valence-electron chi connectivity index (χ4n) is 6.16. The summed E-state index contributed by atoms with van der Waals surface area (Å²) >= 11 is 0. The predicted molar refractivity (Wildman–Crippen MR) is 109 cm³/mol. The molecular weight excluding hydrogens is 390 g/mol. The topological polar surface area (TPSA) is 67.4 Å². The van der Waals surface area contributed by atoms with Gasteiger partial charge in [0.2, 0.25) is 11.8 Å². The molecule has 1 aromatic carbocycles. The van der Waals surface area contributed by atoms with Gasteiger partial charge in [0.1, 0.15) is 11.8 Å². The van der Waals surface area contributed by atoms with E-state index in [1.165, 1.54) is 43.5 Å². The smallest absolute Gasteiger partial charge is 0.387 e. The van der Waals surface area contributed by atoms with Crippen LogP contribution < -0.4 is 15.4 Å². The lowest BCUT2D eigenvalue weighted by molar-refractivity contribution is -0.148. The Labute approximate surface area is 175 Å². The maximum absolute atomic E-state index is 13.3. The number of benzene rings is 1. The molecule has 1 atom stereocenters. The molecule has 4 bridgehead atoms. The molecule has 1 aromatic rings. The first-order chi connectivity index (χ1) is 14.2. The maximum atomic E-state index is 13.3. The fourth-order valence-corrected chi connectivity index (χ4v) is 6.16. The molecule has 0 unspecified atom stereocenters. The number of hydrogen-bond acceptors (Lipinski definition) is 3. The molecule has 0 spiro atoms. The molecule has 2 amide bonds. The molecular formula is C23H30F2N2O3. The number of rotatable bonds is 7. The third kappa shape index (κ3) is 4.30. The molecule has 4 aliphatic rings. The van der Waals surface area contributed by atoms with E-state index in [1.807, 2.05) is 13.8 Å². The average Bonchev–Trinajstić information content (AvgIpc) is 2.65. The van der Waals surface area contributed by atoms with Gasteiger partial charge in [-0.3, -0.25) is 9.59 Å². The van der Waals surface area contributed by atoms with Crippen molar-refractivity contribution in [3.05, 3.63) is 24.3 Å². The molecule has 0 aliphatic heterocycles. The van der Waals surface area contributed by atoms with Gasteiger partial charge in [-0.15, -0.1) is 0 Å². The lowest BCUT2D eigenvalue weighted by Crippen LogP contribution is -2.57. The van der Waals surface area contributed by atoms with Crippen LogP contribution in [0.1, 0.15) is 52.4 Å². The SMILES string of the molecule is CC(C)[C@H](NC(=O)C12CC3CC(CC(C3)C1)C2)C(=O)Nc1ccc(OC(F)F)cc1. The summed E-state index contributed by atoms with van der Waals surface area (Å²) in [5.41, 5.74) is 0.160. The fraction of sp³-hybridized carbons (Fsp3) is 0.652. The Hall–Kier alpha value is -2.18. The Morgan fingerprint density at radius 3 is 2.00 bits per heavy atom. The lowest BCUT2D eigenvalue weighted by Gasteiger charge is -2.55. The highest BCUT2D eigenvalue weighted by Crippen LogP contribution is 2.60. The normalized spacial score (nSPS) is 30.4. The van der Waals surface area contributed by atoms with E-state index >= 15 is 0 Å². The first-order valence-electron chi connectivity index (χ1n) is 10.9. The Morgan fingerprint density at radius 2 is 1.53 bits per heavy atom. The summed E-state index contributed by atoms with van der Waals surface area (Å²) in [7, 11) is 0. The molecule has 30 heavy (non-hydrogen) atoms. The molecule has 0 saturated heterocycles. The van der Waals surface area contributed by atoms with Gasteiger partial charge in [-0.25, -0.2) is 0 Å². The first kappa shape index (κ1) is 21.1. The number of anilines is 1. The molecule has 0 aromatic heterocycles. The van der Waals surface area contributed by atoms with Gasteiger partial charge in [0.15, 0.2) is 0 Å². The van der Waals surface area contributed by atoms with Crippen LogP contribution in [0.15, 0.2) is 24.3 Å². The van der Waals surface area contributed by atoms with E-state index in [4.69, 9.17) is 0 Å². The first-order valence-corrected chi connectivity index (χ1v) is 10.9. The van der Waals surface area contributed by atoms with Crippen LogP contribution in [0, 0.1) is 29.1 Å². The van der Waals surface area contributed by atoms with Crippen molar-refractivity contribution >= 4 is 17.5 Å². The van der Waals surface area contributed by atoms with E-state index in [2.05, 4.69) is 15.4 Å². The minimum absolute atomic E-state index is 0.0242. The molecule has 164 valence electrons. The van der Waals surface area contributed by atoms with Gasteiger partial charge in [-0.05, 0) is 86.5 Å². The molecule has 4 fully saturated rings. The molecule has 0 radical (unpaired) electrons. The number of nitrogens with one attached hydrogen (secondary N) is 2. The van der Waals surface area contributed by atoms with Crippen molar-refractivity contribution in [2.45, 2.75) is 65.0 Å². The van der Waals surface area contributed by atoms with Gasteiger partial charge in [-0.2, -0.15) is 8.78 Å². The molecule has 0 heterocycles. The third-order valence-corrected chi connectivity index (χ3v) is 7.10. The highest BCUT2D eigenvalue weighted by Gasteiger charge is 2.55. The summed E-state index contributed by atoms with van der Waals surface area (Å²) < 4.78 is 28.9. The summed E-state index contributed by atoms with van der Waals surface area (Å²) in [6.07, 6.45) is 6.61. The zero-order valence-electron chi connectivity index (χ0n) is 17.5. The van der Waals surface area contributed by atoms with Crippen LogP contribution in [0.25, 0.3) is 0 Å². The molecule has 4 saturated carbocycles. The van der Waals surface area contributed by atoms with E-state index in [-0.39, 0.29) is 28.9 Å². The summed E-state index contributed by atoms with van der Waals surface area (Å²) in [4.78, 5) is 26.2. The van der Waals surface area contributed by atoms with Crippen molar-refractivity contribution in [2.75, 3.05) is 5.32 Å². The van der Waals surface area contributed by atoms with Crippen molar-refractivity contribution in [2.24, 2.45) is 29.1 Å². The number of amides is 2. The highest BCUT2D eigenvalue weighted by molar-refractivity contribution is 5.98. The molecule has 7 heteroatoms. The van der Waals surface area contributed by atoms with Gasteiger partial charge in [-0.1, -0.05) is 13.8 Å². The Bertz CT molecular complexity index is 759. The Kier molecular flexibility index (Phi) is 5.73. The zero-order chi connectivity index (χ0) is 21.5. The quantitative estimate of drug-likeness (QED) is 0.678. The van der Waals surface area contributed by atoms with Crippen molar-refractivity contribution in [3.8, 4) is 5.75 Å². The zero-order valence-corrected chi connectivity index (χ0v) is 17.5. The van der Waals surface area contributed by atoms with Crippen LogP contribution in [0.3, 0.4) is 0 Å². The second kappa shape index (κ2) is 8.16. The third-order valence-electron chi connectivity index (χ3n) is 7.10. The van der Waals surface area contributed by atoms with E-state index in [9.17, 15) is 18.4 Å². The Balaban J connectivity index is 1.41. The maximum Gasteiger partial charge on any atom is 0.387 e. The largest absolute Gasteiger partial charge is 0.435 e. The summed E-state index contributed by atoms with van der Waals surface area (Å²) in [6.45, 7) is 0.920. The van der Waals surface area contributed by atoms with E-state index in [1.54, 1.807) is 0 Å². The van der Waals surface area contributed by atoms with E-state index in [0.29, 0.717) is 23.4 Å². The van der Waals surface area contributed by atoms with Gasteiger partial charge in [0.25, 0.3) is 0 Å². The number of carbonyl (C=O) groups excluding carboxylic acids is 2. The molecule has 5 nitrogen and oxygen atoms in total. The minimum Gasteiger partial charge on any atom is -0.435 e. The van der Waals surface area contributed by atoms with Gasteiger partial charge in [0, 0.05) is 11.1 Å². The molecule has 2 N–H and O–H groups in total. The van der Waals surface area contributed by atoms with Crippen LogP contribution in [-0.2, 0) is 9.59 Å². The number of ether oxygens (including phenoxy) is 1. The van der Waals surface area contributed by atoms with Gasteiger partial charge < -0.3 is 15.4 Å². The van der Waals surface area contributed by atoms with Crippen LogP contribution >= 0.6 is 0 Å². The monoisotopic (exact) mass is 420 g/mol. The minimum atomic E-state index is -2.89. The summed E-state index contributed by atoms with van der Waals surface area (Å²) in [6, 6.07) is 5.12. The van der Waals surface area contributed by atoms with Crippen LogP contribution in [-0.4, -0.2) is 24.5 Å². The Morgan fingerprint density at radius 1 is 1.00 bits per heavy atom. The van der Waals surface area contributed by atoms with Crippen LogP contribution in [0.4, 0.5) is 14.5 Å². The van der Waals surface area contributed by atoms with Crippen LogP contribution in [0.2, 0.25) is 0 Å². The number of halogens is 2. The standard InChI is InChI=1S/C23H30F2N2O3/c1-13(2)19(20(28)26-17-3-5-18(6-4-17)30-22(24)25)27-21(29)23-10-14-7-15(11-23)9-16(8-14)12-23/h3-6,13-16,19,22H,7-12H2,1-2H3,(H,26,28)(H,27,29)/t14?,15?,16?,19-,23?/m0/s1. The molecule has 5 rings (SSSR count). The second-order valence-electron chi connectivity index (χ2n) is 9.79. The van der Waals surface area contributed by atoms with Crippen LogP contribution in [0.5, 0.6) is 5.75 Å². The van der Waals surface area contributed by atoms with Crippen molar-refractivity contribution < 1.29 is 23.1 Å². The van der Waals surface area contributed by atoms with Crippen molar-refractivity contribution in [1.29, 1.82) is 0 Å². The number of alkyl halides is 2. The average molecular weight is 420 g/mol. The summed E-state index contributed by atoms with van der Waals surface area (Å²) in [5.74, 6) is 1.64. The van der Waals surface area contributed by atoms with E-state index in [0.717, 1.165) is 19.3 Å². The van der Waals surface area contributed by atoms with Crippen molar-refractivity contribution in [3.63, 3.8) is 0 Å². The second-order valence-corrected chi connectivity index (χ2v) is 9.79. The number of carbonyl (C=O) groups is 2. The molecule has 4 aliphatic carbocycles. The summed E-state index contributed by atoms with van der Waals surface area (Å²) in [5, 5.41) is 5.84. The number of hydrogen-bond donors (Lipinski definition) is 2.